The number of hydrogen-bond donors (Lipinski definition) is 1. The summed E-state index contributed by atoms with van der Waals surface area (Å²) in [5.74, 6) is 0.505. The Kier molecular flexibility index (Phi) is 7.22. The highest BCUT2D eigenvalue weighted by atomic mass is 16.5. The summed E-state index contributed by atoms with van der Waals surface area (Å²) in [5, 5.41) is 3.56. The van der Waals surface area contributed by atoms with Gasteiger partial charge in [-0.2, -0.15) is 0 Å². The number of urea groups is 1. The second kappa shape index (κ2) is 9.75. The number of para-hydroxylation sites is 1. The standard InChI is InChI=1S/C26H34N4O3/c1-17-12-13-22(18(2)16-17)30-23(27-21-11-9-8-10-20(21)24(30)31)19(3)29(14-15-33-7)25(32)28-26(4,5)6/h8-13,16,19H,14-15H2,1-7H3,(H,28,32). The maximum absolute atomic E-state index is 13.7. The van der Waals surface area contributed by atoms with Crippen molar-refractivity contribution in [1.82, 2.24) is 19.8 Å². The van der Waals surface area contributed by atoms with Gasteiger partial charge in [0.1, 0.15) is 5.82 Å². The fraction of sp³-hybridized carbons (Fsp3) is 0.423. The lowest BCUT2D eigenvalue weighted by Crippen LogP contribution is -2.50. The topological polar surface area (TPSA) is 76.5 Å². The van der Waals surface area contributed by atoms with Crippen LogP contribution >= 0.6 is 0 Å². The van der Waals surface area contributed by atoms with E-state index in [2.05, 4.69) is 5.32 Å². The number of aryl methyl sites for hydroxylation is 2. The first-order valence-corrected chi connectivity index (χ1v) is 11.2. The predicted octanol–water partition coefficient (Wildman–Crippen LogP) is 4.52. The number of aromatic nitrogens is 2. The summed E-state index contributed by atoms with van der Waals surface area (Å²) in [6, 6.07) is 12.5. The maximum atomic E-state index is 13.7. The third-order valence-corrected chi connectivity index (χ3v) is 5.52. The van der Waals surface area contributed by atoms with E-state index in [1.54, 1.807) is 22.6 Å². The zero-order chi connectivity index (χ0) is 24.3. The van der Waals surface area contributed by atoms with Gasteiger partial charge in [-0.1, -0.05) is 29.8 Å². The van der Waals surface area contributed by atoms with Gasteiger partial charge < -0.3 is 15.0 Å². The van der Waals surface area contributed by atoms with Crippen molar-refractivity contribution in [3.05, 3.63) is 69.8 Å². The molecule has 1 unspecified atom stereocenters. The zero-order valence-corrected chi connectivity index (χ0v) is 20.6. The quantitative estimate of drug-likeness (QED) is 0.599. The lowest BCUT2D eigenvalue weighted by Gasteiger charge is -2.33. The summed E-state index contributed by atoms with van der Waals surface area (Å²) < 4.78 is 6.91. The summed E-state index contributed by atoms with van der Waals surface area (Å²) in [7, 11) is 1.60. The van der Waals surface area contributed by atoms with Crippen LogP contribution in [0.15, 0.2) is 47.3 Å². The molecule has 0 aliphatic heterocycles. The average molecular weight is 451 g/mol. The maximum Gasteiger partial charge on any atom is 0.318 e. The lowest BCUT2D eigenvalue weighted by molar-refractivity contribution is 0.126. The van der Waals surface area contributed by atoms with E-state index in [4.69, 9.17) is 9.72 Å². The van der Waals surface area contributed by atoms with Gasteiger partial charge in [0.05, 0.1) is 29.2 Å². The van der Waals surface area contributed by atoms with Crippen LogP contribution in [0, 0.1) is 13.8 Å². The van der Waals surface area contributed by atoms with Crippen LogP contribution in [0.1, 0.15) is 50.7 Å². The van der Waals surface area contributed by atoms with Gasteiger partial charge in [-0.25, -0.2) is 9.78 Å². The third-order valence-electron chi connectivity index (χ3n) is 5.52. The second-order valence-electron chi connectivity index (χ2n) is 9.46. The molecule has 1 aromatic heterocycles. The Balaban J connectivity index is 2.24. The number of ether oxygens (including phenoxy) is 1. The van der Waals surface area contributed by atoms with Crippen molar-refractivity contribution < 1.29 is 9.53 Å². The zero-order valence-electron chi connectivity index (χ0n) is 20.6. The number of rotatable bonds is 6. The molecule has 2 aromatic carbocycles. The molecule has 0 spiro atoms. The van der Waals surface area contributed by atoms with E-state index in [1.165, 1.54) is 0 Å². The van der Waals surface area contributed by atoms with Gasteiger partial charge in [-0.15, -0.1) is 0 Å². The monoisotopic (exact) mass is 450 g/mol. The van der Waals surface area contributed by atoms with Crippen LogP contribution in [0.5, 0.6) is 0 Å². The van der Waals surface area contributed by atoms with Crippen molar-refractivity contribution in [1.29, 1.82) is 0 Å². The highest BCUT2D eigenvalue weighted by Crippen LogP contribution is 2.25. The molecule has 3 aromatic rings. The number of fused-ring (bicyclic) bond motifs is 1. The predicted molar refractivity (Wildman–Crippen MR) is 132 cm³/mol. The highest BCUT2D eigenvalue weighted by Gasteiger charge is 2.29. The summed E-state index contributed by atoms with van der Waals surface area (Å²) >= 11 is 0. The van der Waals surface area contributed by atoms with E-state index in [1.807, 2.05) is 77.9 Å². The molecule has 1 N–H and O–H groups in total. The second-order valence-corrected chi connectivity index (χ2v) is 9.46. The van der Waals surface area contributed by atoms with Gasteiger partial charge in [0.15, 0.2) is 0 Å². The Morgan fingerprint density at radius 3 is 2.52 bits per heavy atom. The molecule has 176 valence electrons. The molecular formula is C26H34N4O3. The SMILES string of the molecule is COCCN(C(=O)NC(C)(C)C)C(C)c1nc2ccccc2c(=O)n1-c1ccc(C)cc1C. The summed E-state index contributed by atoms with van der Waals surface area (Å²) in [4.78, 5) is 33.5. The Labute approximate surface area is 195 Å². The molecule has 0 aliphatic rings. The van der Waals surface area contributed by atoms with E-state index in [9.17, 15) is 9.59 Å². The van der Waals surface area contributed by atoms with E-state index < -0.39 is 11.6 Å². The normalized spacial score (nSPS) is 12.6. The van der Waals surface area contributed by atoms with Crippen LogP contribution < -0.4 is 10.9 Å². The minimum atomic E-state index is -0.486. The molecule has 0 saturated heterocycles. The van der Waals surface area contributed by atoms with Gasteiger partial charge in [-0.3, -0.25) is 9.36 Å². The van der Waals surface area contributed by atoms with E-state index >= 15 is 0 Å². The van der Waals surface area contributed by atoms with Crippen molar-refractivity contribution in [2.45, 2.75) is 53.1 Å². The largest absolute Gasteiger partial charge is 0.383 e. The van der Waals surface area contributed by atoms with Crippen molar-refractivity contribution in [2.75, 3.05) is 20.3 Å². The number of amides is 2. The molecule has 0 saturated carbocycles. The minimum Gasteiger partial charge on any atom is -0.383 e. The molecule has 7 heteroatoms. The minimum absolute atomic E-state index is 0.155. The first-order chi connectivity index (χ1) is 15.5. The highest BCUT2D eigenvalue weighted by molar-refractivity contribution is 5.78. The van der Waals surface area contributed by atoms with Gasteiger partial charge >= 0.3 is 6.03 Å². The van der Waals surface area contributed by atoms with Crippen molar-refractivity contribution in [3.8, 4) is 5.69 Å². The third kappa shape index (κ3) is 5.42. The number of methoxy groups -OCH3 is 1. The van der Waals surface area contributed by atoms with Crippen molar-refractivity contribution in [2.24, 2.45) is 0 Å². The molecule has 7 nitrogen and oxygen atoms in total. The van der Waals surface area contributed by atoms with Crippen LogP contribution in [0.2, 0.25) is 0 Å². The van der Waals surface area contributed by atoms with Gasteiger partial charge in [0, 0.05) is 19.2 Å². The first-order valence-electron chi connectivity index (χ1n) is 11.2. The summed E-state index contributed by atoms with van der Waals surface area (Å²) in [5.41, 5.74) is 2.87. The number of nitrogens with one attached hydrogen (secondary N) is 1. The summed E-state index contributed by atoms with van der Waals surface area (Å²) in [6.45, 7) is 12.4. The molecule has 3 rings (SSSR count). The fourth-order valence-electron chi connectivity index (χ4n) is 3.91. The molecule has 0 bridgehead atoms. The van der Waals surface area contributed by atoms with E-state index in [0.29, 0.717) is 29.9 Å². The first kappa shape index (κ1) is 24.5. The average Bonchev–Trinajstić information content (AvgIpc) is 2.73. The van der Waals surface area contributed by atoms with E-state index in [-0.39, 0.29) is 11.6 Å². The number of benzene rings is 2. The molecule has 0 fully saturated rings. The van der Waals surface area contributed by atoms with Crippen LogP contribution in [-0.2, 0) is 4.74 Å². The Bertz CT molecular complexity index is 1210. The lowest BCUT2D eigenvalue weighted by atomic mass is 10.1. The fourth-order valence-corrected chi connectivity index (χ4v) is 3.91. The molecule has 1 atom stereocenters. The molecule has 0 radical (unpaired) electrons. The smallest absolute Gasteiger partial charge is 0.318 e. The number of carbonyl (C=O) groups is 1. The molecule has 2 amide bonds. The van der Waals surface area contributed by atoms with Crippen molar-refractivity contribution >= 4 is 16.9 Å². The molecular weight excluding hydrogens is 416 g/mol. The molecule has 1 heterocycles. The number of hydrogen-bond acceptors (Lipinski definition) is 4. The summed E-state index contributed by atoms with van der Waals surface area (Å²) in [6.07, 6.45) is 0. The Morgan fingerprint density at radius 1 is 1.18 bits per heavy atom. The van der Waals surface area contributed by atoms with Crippen LogP contribution in [0.3, 0.4) is 0 Å². The molecule has 0 aliphatic carbocycles. The van der Waals surface area contributed by atoms with Gasteiger partial charge in [0.2, 0.25) is 0 Å². The van der Waals surface area contributed by atoms with Gasteiger partial charge in [0.25, 0.3) is 5.56 Å². The number of nitrogens with zero attached hydrogens (tertiary/aromatic N) is 3. The molecule has 33 heavy (non-hydrogen) atoms. The Hall–Kier alpha value is -3.19. The van der Waals surface area contributed by atoms with Crippen molar-refractivity contribution in [3.63, 3.8) is 0 Å². The van der Waals surface area contributed by atoms with Gasteiger partial charge in [-0.05, 0) is 65.3 Å². The van der Waals surface area contributed by atoms with Crippen LogP contribution in [-0.4, -0.2) is 46.3 Å². The Morgan fingerprint density at radius 2 is 1.88 bits per heavy atom. The van der Waals surface area contributed by atoms with Crippen LogP contribution in [0.25, 0.3) is 16.6 Å². The number of carbonyl (C=O) groups excluding carboxylic acids is 1. The van der Waals surface area contributed by atoms with E-state index in [0.717, 1.165) is 16.8 Å². The van der Waals surface area contributed by atoms with Crippen LogP contribution in [0.4, 0.5) is 4.79 Å².